The van der Waals surface area contributed by atoms with Gasteiger partial charge in [0.15, 0.2) is 5.69 Å². The van der Waals surface area contributed by atoms with Crippen LogP contribution >= 0.6 is 0 Å². The van der Waals surface area contributed by atoms with Crippen LogP contribution in [-0.4, -0.2) is 61.2 Å². The van der Waals surface area contributed by atoms with Crippen LogP contribution in [0.5, 0.6) is 5.88 Å². The molecular formula is C28H28F3N7O2. The second kappa shape index (κ2) is 9.84. The van der Waals surface area contributed by atoms with Crippen molar-refractivity contribution in [1.29, 1.82) is 0 Å². The number of ether oxygens (including phenoxy) is 1. The van der Waals surface area contributed by atoms with Gasteiger partial charge in [0, 0.05) is 42.5 Å². The van der Waals surface area contributed by atoms with E-state index in [0.29, 0.717) is 41.5 Å². The lowest BCUT2D eigenvalue weighted by Gasteiger charge is -2.37. The molecule has 2 fully saturated rings. The molecule has 2 aliphatic rings. The van der Waals surface area contributed by atoms with E-state index in [2.05, 4.69) is 19.9 Å². The van der Waals surface area contributed by atoms with Gasteiger partial charge in [-0.25, -0.2) is 19.9 Å². The number of halogens is 3. The minimum absolute atomic E-state index is 0.0773. The van der Waals surface area contributed by atoms with Crippen LogP contribution in [0.1, 0.15) is 47.3 Å². The summed E-state index contributed by atoms with van der Waals surface area (Å²) in [6.07, 6.45) is 1.55. The van der Waals surface area contributed by atoms with E-state index in [1.807, 2.05) is 11.9 Å². The zero-order valence-corrected chi connectivity index (χ0v) is 22.3. The number of hydrogen-bond donors (Lipinski definition) is 0. The maximum Gasteiger partial charge on any atom is 0.434 e. The molecule has 0 bridgehead atoms. The summed E-state index contributed by atoms with van der Waals surface area (Å²) in [6.45, 7) is 3.21. The lowest BCUT2D eigenvalue weighted by Crippen LogP contribution is -2.44. The van der Waals surface area contributed by atoms with Crippen molar-refractivity contribution in [3.8, 4) is 28.7 Å². The molecule has 1 aliphatic heterocycles. The summed E-state index contributed by atoms with van der Waals surface area (Å²) in [5.74, 6) is 1.30. The van der Waals surface area contributed by atoms with E-state index in [4.69, 9.17) is 4.74 Å². The second-order valence-electron chi connectivity index (χ2n) is 10.5. The summed E-state index contributed by atoms with van der Waals surface area (Å²) in [5, 5.41) is 0. The molecule has 40 heavy (non-hydrogen) atoms. The molecule has 0 unspecified atom stereocenters. The molecule has 0 spiro atoms. The largest absolute Gasteiger partial charge is 0.480 e. The predicted molar refractivity (Wildman–Crippen MR) is 141 cm³/mol. The molecule has 6 rings (SSSR count). The Morgan fingerprint density at radius 2 is 1.77 bits per heavy atom. The summed E-state index contributed by atoms with van der Waals surface area (Å²) in [7, 11) is 3.45. The summed E-state index contributed by atoms with van der Waals surface area (Å²) in [6, 6.07) is 7.01. The number of rotatable bonds is 7. The Morgan fingerprint density at radius 3 is 2.40 bits per heavy atom. The monoisotopic (exact) mass is 551 g/mol. The maximum atomic E-state index is 13.5. The average Bonchev–Trinajstić information content (AvgIpc) is 3.67. The van der Waals surface area contributed by atoms with Crippen molar-refractivity contribution in [2.75, 3.05) is 27.2 Å². The highest BCUT2D eigenvalue weighted by Crippen LogP contribution is 2.45. The third-order valence-electron chi connectivity index (χ3n) is 7.46. The zero-order valence-electron chi connectivity index (χ0n) is 22.3. The van der Waals surface area contributed by atoms with Crippen molar-refractivity contribution in [1.82, 2.24) is 34.0 Å². The third-order valence-corrected chi connectivity index (χ3v) is 7.46. The van der Waals surface area contributed by atoms with Crippen molar-refractivity contribution in [3.63, 3.8) is 0 Å². The Morgan fingerprint density at radius 1 is 1.05 bits per heavy atom. The van der Waals surface area contributed by atoms with E-state index >= 15 is 0 Å². The first-order chi connectivity index (χ1) is 19.1. The molecule has 1 aromatic carbocycles. The van der Waals surface area contributed by atoms with Crippen LogP contribution < -0.4 is 10.3 Å². The lowest BCUT2D eigenvalue weighted by atomic mass is 10.1. The summed E-state index contributed by atoms with van der Waals surface area (Å²) in [4.78, 5) is 32.7. The maximum absolute atomic E-state index is 13.5. The van der Waals surface area contributed by atoms with E-state index < -0.39 is 11.9 Å². The van der Waals surface area contributed by atoms with Crippen LogP contribution in [0.25, 0.3) is 22.8 Å². The van der Waals surface area contributed by atoms with Crippen LogP contribution in [0.3, 0.4) is 0 Å². The fourth-order valence-corrected chi connectivity index (χ4v) is 5.16. The van der Waals surface area contributed by atoms with Gasteiger partial charge in [-0.05, 0) is 32.4 Å². The molecule has 1 aliphatic carbocycles. The quantitative estimate of drug-likeness (QED) is 0.338. The lowest BCUT2D eigenvalue weighted by molar-refractivity contribution is -0.141. The Balaban J connectivity index is 1.37. The molecule has 1 saturated heterocycles. The molecule has 9 nitrogen and oxygen atoms in total. The SMILES string of the molecule is COc1ncnc(C2CC2)c1-c1ncc(C)c(=O)n1Cc1ccc(-c2nc(C(F)(F)F)cn2C2CN(C)C2)cc1. The molecule has 0 N–H and O–H groups in total. The number of methoxy groups -OCH3 is 1. The molecule has 4 aromatic rings. The number of alkyl halides is 3. The standard InChI is InChI=1S/C28H28F3N7O2/c1-16-10-32-25(22-23(18-8-9-18)33-15-34-26(22)40-3)38(27(16)39)11-17-4-6-19(7-5-17)24-35-21(28(29,30)31)14-37(24)20-12-36(2)13-20/h4-7,10,14-15,18,20H,8-9,11-13H2,1-3H3. The van der Waals surface area contributed by atoms with E-state index in [1.54, 1.807) is 40.3 Å². The number of likely N-dealkylation sites (N-methyl/N-ethyl adjacent to an activating group) is 1. The van der Waals surface area contributed by atoms with Gasteiger partial charge in [-0.15, -0.1) is 0 Å². The summed E-state index contributed by atoms with van der Waals surface area (Å²) < 4.78 is 49.2. The van der Waals surface area contributed by atoms with Crippen molar-refractivity contribution in [2.45, 2.75) is 44.4 Å². The van der Waals surface area contributed by atoms with Gasteiger partial charge in [0.25, 0.3) is 5.56 Å². The highest BCUT2D eigenvalue weighted by Gasteiger charge is 2.37. The Kier molecular flexibility index (Phi) is 6.44. The molecule has 1 saturated carbocycles. The van der Waals surface area contributed by atoms with Crippen molar-refractivity contribution in [3.05, 3.63) is 75.9 Å². The number of hydrogen-bond acceptors (Lipinski definition) is 7. The first kappa shape index (κ1) is 26.2. The van der Waals surface area contributed by atoms with Gasteiger partial charge in [-0.1, -0.05) is 24.3 Å². The first-order valence-corrected chi connectivity index (χ1v) is 13.0. The van der Waals surface area contributed by atoms with Gasteiger partial charge in [0.05, 0.1) is 25.4 Å². The van der Waals surface area contributed by atoms with Gasteiger partial charge < -0.3 is 14.2 Å². The molecule has 0 atom stereocenters. The molecule has 12 heteroatoms. The number of imidazole rings is 1. The van der Waals surface area contributed by atoms with Gasteiger partial charge in [0.2, 0.25) is 5.88 Å². The molecule has 3 aromatic heterocycles. The van der Waals surface area contributed by atoms with Gasteiger partial charge in [0.1, 0.15) is 23.5 Å². The second-order valence-corrected chi connectivity index (χ2v) is 10.5. The van der Waals surface area contributed by atoms with Crippen molar-refractivity contribution < 1.29 is 17.9 Å². The zero-order chi connectivity index (χ0) is 28.2. The van der Waals surface area contributed by atoms with E-state index in [-0.39, 0.29) is 29.9 Å². The Hall–Kier alpha value is -4.06. The van der Waals surface area contributed by atoms with E-state index in [1.165, 1.54) is 19.6 Å². The third kappa shape index (κ3) is 4.76. The molecule has 4 heterocycles. The van der Waals surface area contributed by atoms with Gasteiger partial charge >= 0.3 is 6.18 Å². The highest BCUT2D eigenvalue weighted by molar-refractivity contribution is 5.66. The van der Waals surface area contributed by atoms with Crippen molar-refractivity contribution >= 4 is 0 Å². The molecule has 0 amide bonds. The Labute approximate surface area is 228 Å². The number of aromatic nitrogens is 6. The number of nitrogens with zero attached hydrogens (tertiary/aromatic N) is 7. The predicted octanol–water partition coefficient (Wildman–Crippen LogP) is 4.31. The Bertz CT molecular complexity index is 1620. The number of benzene rings is 1. The average molecular weight is 552 g/mol. The topological polar surface area (TPSA) is 91.0 Å². The highest BCUT2D eigenvalue weighted by atomic mass is 19.4. The fraction of sp³-hybridized carbons (Fsp3) is 0.393. The minimum atomic E-state index is -4.53. The molecule has 0 radical (unpaired) electrons. The van der Waals surface area contributed by atoms with Gasteiger partial charge in [-0.2, -0.15) is 13.2 Å². The van der Waals surface area contributed by atoms with Gasteiger partial charge in [-0.3, -0.25) is 9.36 Å². The molecular weight excluding hydrogens is 523 g/mol. The van der Waals surface area contributed by atoms with Crippen LogP contribution in [0.4, 0.5) is 13.2 Å². The fourth-order valence-electron chi connectivity index (χ4n) is 5.16. The summed E-state index contributed by atoms with van der Waals surface area (Å²) >= 11 is 0. The first-order valence-electron chi connectivity index (χ1n) is 13.0. The molecule has 208 valence electrons. The van der Waals surface area contributed by atoms with E-state index in [9.17, 15) is 18.0 Å². The summed E-state index contributed by atoms with van der Waals surface area (Å²) in [5.41, 5.74) is 2.12. The van der Waals surface area contributed by atoms with E-state index in [0.717, 1.165) is 30.3 Å². The normalized spacial score (nSPS) is 16.2. The number of likely N-dealkylation sites (tertiary alicyclic amines) is 1. The smallest absolute Gasteiger partial charge is 0.434 e. The van der Waals surface area contributed by atoms with Crippen LogP contribution in [0.2, 0.25) is 0 Å². The van der Waals surface area contributed by atoms with Crippen molar-refractivity contribution in [2.24, 2.45) is 0 Å². The minimum Gasteiger partial charge on any atom is -0.480 e. The number of aryl methyl sites for hydroxylation is 1. The van der Waals surface area contributed by atoms with Crippen LogP contribution in [0, 0.1) is 6.92 Å². The van der Waals surface area contributed by atoms with Crippen LogP contribution in [0.15, 0.2) is 47.8 Å². The van der Waals surface area contributed by atoms with Crippen LogP contribution in [-0.2, 0) is 12.7 Å².